The van der Waals surface area contributed by atoms with Gasteiger partial charge in [0.2, 0.25) is 0 Å². The highest BCUT2D eigenvalue weighted by Gasteiger charge is 2.23. The zero-order valence-electron chi connectivity index (χ0n) is 21.6. The van der Waals surface area contributed by atoms with E-state index < -0.39 is 5.41 Å². The number of piperazine rings is 1. The summed E-state index contributed by atoms with van der Waals surface area (Å²) >= 11 is 0. The summed E-state index contributed by atoms with van der Waals surface area (Å²) in [5.74, 6) is 0.229. The maximum Gasteiger partial charge on any atom is 0.0766 e. The van der Waals surface area contributed by atoms with E-state index in [-0.39, 0.29) is 5.92 Å². The monoisotopic (exact) mass is 478 g/mol. The molecule has 184 valence electrons. The van der Waals surface area contributed by atoms with Gasteiger partial charge in [0.05, 0.1) is 23.4 Å². The number of rotatable bonds is 5. The first-order valence-corrected chi connectivity index (χ1v) is 12.7. The van der Waals surface area contributed by atoms with Crippen LogP contribution in [-0.4, -0.2) is 59.0 Å². The normalized spacial score (nSPS) is 18.7. The Morgan fingerprint density at radius 3 is 2.58 bits per heavy atom. The van der Waals surface area contributed by atoms with E-state index in [1.165, 1.54) is 11.3 Å². The van der Waals surface area contributed by atoms with Crippen molar-refractivity contribution >= 4 is 6.21 Å². The fourth-order valence-corrected chi connectivity index (χ4v) is 4.92. The molecule has 6 nitrogen and oxygen atoms in total. The van der Waals surface area contributed by atoms with Gasteiger partial charge < -0.3 is 9.80 Å². The third kappa shape index (κ3) is 4.84. The summed E-state index contributed by atoms with van der Waals surface area (Å²) < 4.78 is 1.99. The molecule has 3 heterocycles. The lowest BCUT2D eigenvalue weighted by Gasteiger charge is -2.36. The van der Waals surface area contributed by atoms with Crippen LogP contribution in [0.5, 0.6) is 0 Å². The van der Waals surface area contributed by atoms with E-state index in [0.717, 1.165) is 60.5 Å². The van der Waals surface area contributed by atoms with Crippen LogP contribution in [0.15, 0.2) is 71.7 Å². The molecule has 0 amide bonds. The number of benzene rings is 2. The van der Waals surface area contributed by atoms with Gasteiger partial charge in [-0.1, -0.05) is 30.3 Å². The topological polar surface area (TPSA) is 60.5 Å². The van der Waals surface area contributed by atoms with Crippen LogP contribution in [0.1, 0.15) is 42.9 Å². The Bertz CT molecular complexity index is 1350. The first-order chi connectivity index (χ1) is 17.3. The van der Waals surface area contributed by atoms with Crippen molar-refractivity contribution in [1.29, 1.82) is 5.26 Å². The summed E-state index contributed by atoms with van der Waals surface area (Å²) in [7, 11) is 2.18. The van der Waals surface area contributed by atoms with E-state index in [9.17, 15) is 5.26 Å². The maximum absolute atomic E-state index is 9.57. The van der Waals surface area contributed by atoms with Gasteiger partial charge in [-0.2, -0.15) is 10.4 Å². The predicted molar refractivity (Wildman–Crippen MR) is 145 cm³/mol. The lowest BCUT2D eigenvalue weighted by molar-refractivity contribution is 0.181. The minimum Gasteiger partial charge on any atom is -0.371 e. The molecule has 36 heavy (non-hydrogen) atoms. The third-order valence-electron chi connectivity index (χ3n) is 7.51. The predicted octanol–water partition coefficient (Wildman–Crippen LogP) is 5.30. The minimum atomic E-state index is -0.528. The van der Waals surface area contributed by atoms with Crippen LogP contribution in [-0.2, 0) is 5.41 Å². The third-order valence-corrected chi connectivity index (χ3v) is 7.51. The van der Waals surface area contributed by atoms with Gasteiger partial charge in [0.1, 0.15) is 0 Å². The zero-order valence-corrected chi connectivity index (χ0v) is 21.6. The van der Waals surface area contributed by atoms with Gasteiger partial charge in [-0.15, -0.1) is 0 Å². The highest BCUT2D eigenvalue weighted by molar-refractivity contribution is 5.71. The molecule has 1 aromatic heterocycles. The number of aromatic nitrogens is 2. The summed E-state index contributed by atoms with van der Waals surface area (Å²) in [5.41, 5.74) is 7.44. The van der Waals surface area contributed by atoms with Crippen molar-refractivity contribution in [2.24, 2.45) is 4.99 Å². The van der Waals surface area contributed by atoms with Gasteiger partial charge in [-0.05, 0) is 67.8 Å². The molecule has 2 aliphatic heterocycles. The molecule has 1 atom stereocenters. The maximum atomic E-state index is 9.57. The molecule has 0 radical (unpaired) electrons. The number of nitriles is 1. The van der Waals surface area contributed by atoms with Crippen LogP contribution in [0, 0.1) is 18.3 Å². The number of hydrogen-bond donors (Lipinski definition) is 0. The molecule has 5 rings (SSSR count). The van der Waals surface area contributed by atoms with Crippen molar-refractivity contribution in [1.82, 2.24) is 19.6 Å². The van der Waals surface area contributed by atoms with Gasteiger partial charge in [-0.25, -0.2) is 4.68 Å². The summed E-state index contributed by atoms with van der Waals surface area (Å²) in [6.07, 6.45) is 9.16. The van der Waals surface area contributed by atoms with E-state index in [1.807, 2.05) is 49.3 Å². The summed E-state index contributed by atoms with van der Waals surface area (Å²) in [4.78, 5) is 9.45. The molecule has 2 aliphatic rings. The van der Waals surface area contributed by atoms with Gasteiger partial charge in [-0.3, -0.25) is 4.99 Å². The van der Waals surface area contributed by atoms with Crippen LogP contribution in [0.25, 0.3) is 16.8 Å². The number of aryl methyl sites for hydroxylation is 1. The first-order valence-electron chi connectivity index (χ1n) is 12.7. The van der Waals surface area contributed by atoms with Crippen LogP contribution in [0.2, 0.25) is 0 Å². The molecule has 0 saturated carbocycles. The highest BCUT2D eigenvalue weighted by Crippen LogP contribution is 2.31. The lowest BCUT2D eigenvalue weighted by Crippen LogP contribution is -2.44. The Kier molecular flexibility index (Phi) is 6.51. The Morgan fingerprint density at radius 1 is 1.03 bits per heavy atom. The molecule has 2 aromatic carbocycles. The van der Waals surface area contributed by atoms with Gasteiger partial charge in [0, 0.05) is 62.8 Å². The standard InChI is InChI=1S/C30H34N6/c1-22-8-9-24(23-6-5-7-27(14-23)30(2,3)21-31)16-29(22)36-20-26(18-33-36)25-15-28(19-32-17-25)35-12-10-34(4)11-13-35/h5-9,14,16-20,25H,10-13,15H2,1-4H3. The molecular weight excluding hydrogens is 444 g/mol. The number of hydrogen-bond acceptors (Lipinski definition) is 5. The zero-order chi connectivity index (χ0) is 25.3. The highest BCUT2D eigenvalue weighted by atomic mass is 15.3. The van der Waals surface area contributed by atoms with Crippen molar-refractivity contribution in [2.45, 2.75) is 38.5 Å². The molecule has 0 aliphatic carbocycles. The smallest absolute Gasteiger partial charge is 0.0766 e. The van der Waals surface area contributed by atoms with Crippen molar-refractivity contribution in [2.75, 3.05) is 33.2 Å². The summed E-state index contributed by atoms with van der Waals surface area (Å²) in [6.45, 7) is 10.3. The second kappa shape index (κ2) is 9.75. The van der Waals surface area contributed by atoms with Crippen molar-refractivity contribution in [3.05, 3.63) is 83.4 Å². The fraction of sp³-hybridized carbons (Fsp3) is 0.367. The van der Waals surface area contributed by atoms with Crippen LogP contribution >= 0.6 is 0 Å². The van der Waals surface area contributed by atoms with Crippen LogP contribution < -0.4 is 0 Å². The Balaban J connectivity index is 1.38. The quantitative estimate of drug-likeness (QED) is 0.500. The molecule has 1 fully saturated rings. The molecular formula is C30H34N6. The Morgan fingerprint density at radius 2 is 1.81 bits per heavy atom. The number of likely N-dealkylation sites (N-methyl/N-ethyl adjacent to an activating group) is 1. The summed E-state index contributed by atoms with van der Waals surface area (Å²) in [6, 6.07) is 17.2. The second-order valence-corrected chi connectivity index (χ2v) is 10.6. The van der Waals surface area contributed by atoms with Crippen molar-refractivity contribution in [3.8, 4) is 22.9 Å². The molecule has 0 spiro atoms. The number of allylic oxidation sites excluding steroid dienone is 1. The Labute approximate surface area is 214 Å². The first kappa shape index (κ1) is 24.0. The van der Waals surface area contributed by atoms with Crippen molar-refractivity contribution < 1.29 is 0 Å². The molecule has 1 saturated heterocycles. The molecule has 0 bridgehead atoms. The van der Waals surface area contributed by atoms with E-state index in [4.69, 9.17) is 5.10 Å². The van der Waals surface area contributed by atoms with E-state index in [1.54, 1.807) is 0 Å². The largest absolute Gasteiger partial charge is 0.371 e. The lowest BCUT2D eigenvalue weighted by atomic mass is 9.85. The molecule has 1 unspecified atom stereocenters. The van der Waals surface area contributed by atoms with E-state index in [0.29, 0.717) is 0 Å². The number of aliphatic imine (C=N–C) groups is 1. The van der Waals surface area contributed by atoms with E-state index >= 15 is 0 Å². The Hall–Kier alpha value is -3.69. The van der Waals surface area contributed by atoms with Crippen molar-refractivity contribution in [3.63, 3.8) is 0 Å². The van der Waals surface area contributed by atoms with E-state index in [2.05, 4.69) is 71.4 Å². The summed E-state index contributed by atoms with van der Waals surface area (Å²) in [5, 5.41) is 14.3. The minimum absolute atomic E-state index is 0.229. The average Bonchev–Trinajstić information content (AvgIpc) is 3.40. The molecule has 3 aromatic rings. The van der Waals surface area contributed by atoms with Crippen LogP contribution in [0.4, 0.5) is 0 Å². The molecule has 6 heteroatoms. The SMILES string of the molecule is Cc1ccc(-c2cccc(C(C)(C)C#N)c2)cc1-n1cc(C2C=NC=C(N3CCN(C)CC3)C2)cn1. The fourth-order valence-electron chi connectivity index (χ4n) is 4.92. The van der Waals surface area contributed by atoms with Gasteiger partial charge in [0.25, 0.3) is 0 Å². The average molecular weight is 479 g/mol. The molecule has 0 N–H and O–H groups in total. The van der Waals surface area contributed by atoms with Gasteiger partial charge >= 0.3 is 0 Å². The van der Waals surface area contributed by atoms with Gasteiger partial charge in [0.15, 0.2) is 0 Å². The number of nitrogens with zero attached hydrogens (tertiary/aromatic N) is 6. The second-order valence-electron chi connectivity index (χ2n) is 10.6. The van der Waals surface area contributed by atoms with Crippen LogP contribution in [0.3, 0.4) is 0 Å².